The first kappa shape index (κ1) is 39.2. The highest BCUT2D eigenvalue weighted by atomic mass is 16.6. The molecule has 0 aromatic heterocycles. The molecule has 0 radical (unpaired) electrons. The van der Waals surface area contributed by atoms with Crippen molar-refractivity contribution in [1.29, 1.82) is 0 Å². The van der Waals surface area contributed by atoms with Crippen LogP contribution < -0.4 is 26.6 Å². The van der Waals surface area contributed by atoms with Crippen molar-refractivity contribution >= 4 is 35.7 Å². The van der Waals surface area contributed by atoms with Crippen molar-refractivity contribution in [1.82, 2.24) is 26.6 Å². The van der Waals surface area contributed by atoms with E-state index in [4.69, 9.17) is 9.47 Å². The van der Waals surface area contributed by atoms with Crippen LogP contribution in [0, 0.1) is 0 Å². The maximum absolute atomic E-state index is 13.8. The van der Waals surface area contributed by atoms with Crippen LogP contribution in [0.15, 0.2) is 72.8 Å². The van der Waals surface area contributed by atoms with Gasteiger partial charge in [-0.3, -0.25) is 19.2 Å². The molecule has 50 heavy (non-hydrogen) atoms. The highest BCUT2D eigenvalue weighted by Crippen LogP contribution is 2.12. The van der Waals surface area contributed by atoms with Crippen LogP contribution in [0.5, 0.6) is 0 Å². The third-order valence-electron chi connectivity index (χ3n) is 7.80. The fraction of sp³-hybridized carbons (Fsp3) is 0.459. The molecule has 2 aromatic carbocycles. The summed E-state index contributed by atoms with van der Waals surface area (Å²) >= 11 is 0. The van der Waals surface area contributed by atoms with Crippen LogP contribution in [-0.2, 0) is 46.3 Å². The molecule has 0 saturated carbocycles. The number of esters is 1. The normalized spacial score (nSPS) is 18.9. The second-order valence-corrected chi connectivity index (χ2v) is 13.1. The molecular weight excluding hydrogens is 642 g/mol. The maximum Gasteiger partial charge on any atom is 0.408 e. The largest absolute Gasteiger partial charge is 0.467 e. The van der Waals surface area contributed by atoms with Crippen molar-refractivity contribution < 1.29 is 38.2 Å². The zero-order chi connectivity index (χ0) is 36.7. The molecule has 0 bridgehead atoms. The minimum Gasteiger partial charge on any atom is -0.467 e. The van der Waals surface area contributed by atoms with Crippen molar-refractivity contribution in [3.8, 4) is 0 Å². The van der Waals surface area contributed by atoms with Crippen molar-refractivity contribution in [2.24, 2.45) is 0 Å². The van der Waals surface area contributed by atoms with Gasteiger partial charge in [0.15, 0.2) is 0 Å². The Morgan fingerprint density at radius 2 is 1.36 bits per heavy atom. The number of alkyl carbamates (subject to hydrolysis) is 1. The van der Waals surface area contributed by atoms with Crippen molar-refractivity contribution in [2.75, 3.05) is 7.11 Å². The number of carbonyl (C=O) groups excluding carboxylic acids is 6. The molecular formula is C37H49N5O8. The van der Waals surface area contributed by atoms with Crippen LogP contribution in [0.1, 0.15) is 64.5 Å². The first-order valence-corrected chi connectivity index (χ1v) is 16.8. The molecule has 1 aliphatic heterocycles. The number of benzene rings is 2. The fourth-order valence-electron chi connectivity index (χ4n) is 5.21. The first-order chi connectivity index (χ1) is 23.8. The number of allylic oxidation sites excluding steroid dienone is 2. The van der Waals surface area contributed by atoms with E-state index in [0.717, 1.165) is 11.1 Å². The van der Waals surface area contributed by atoms with Crippen molar-refractivity contribution in [3.05, 3.63) is 83.9 Å². The van der Waals surface area contributed by atoms with Gasteiger partial charge in [0.05, 0.1) is 7.11 Å². The number of nitrogens with one attached hydrogen (secondary N) is 5. The highest BCUT2D eigenvalue weighted by Gasteiger charge is 2.32. The van der Waals surface area contributed by atoms with E-state index in [-0.39, 0.29) is 25.7 Å². The summed E-state index contributed by atoms with van der Waals surface area (Å²) in [6.07, 6.45) is 4.75. The molecule has 1 heterocycles. The van der Waals surface area contributed by atoms with Crippen molar-refractivity contribution in [2.45, 2.75) is 102 Å². The standard InChI is InChI=1S/C37H49N5O8/c1-24(38-36(48)50-37(2,3)4)31(43)41-29(22-25-16-10-8-11-17-25)34(46)40-27-20-14-6-7-15-21-28(39-32(27)44)33(45)42-30(35(47)49-5)23-26-18-12-9-13-19-26/h6-13,16-19,24,27-30H,14-15,20-23H2,1-5H3,(H,38,48)(H,39,44)(H,40,46)(H,41,43)(H,42,45)/b7-6+/t24-,27-,28-,29-,30+/m0/s1. The van der Waals surface area contributed by atoms with Gasteiger partial charge in [-0.2, -0.15) is 0 Å². The van der Waals surface area contributed by atoms with Crippen LogP contribution in [0.2, 0.25) is 0 Å². The Labute approximate surface area is 293 Å². The second kappa shape index (κ2) is 19.1. The van der Waals surface area contributed by atoms with E-state index in [1.807, 2.05) is 48.6 Å². The molecule has 5 atom stereocenters. The molecule has 5 amide bonds. The fourth-order valence-corrected chi connectivity index (χ4v) is 5.21. The van der Waals surface area contributed by atoms with Gasteiger partial charge in [0.1, 0.15) is 35.8 Å². The van der Waals surface area contributed by atoms with E-state index in [1.165, 1.54) is 14.0 Å². The SMILES string of the molecule is COC(=O)[C@@H](Cc1ccccc1)NC(=O)[C@@H]1CC/C=C/CC[C@H](NC(=O)[C@H](Cc2ccccc2)NC(=O)[C@H](C)NC(=O)OC(C)(C)C)C(=O)N1. The Balaban J connectivity index is 1.74. The number of hydrogen-bond acceptors (Lipinski definition) is 8. The van der Waals surface area contributed by atoms with Crippen LogP contribution in [-0.4, -0.2) is 78.6 Å². The zero-order valence-electron chi connectivity index (χ0n) is 29.3. The predicted octanol–water partition coefficient (Wildman–Crippen LogP) is 2.63. The summed E-state index contributed by atoms with van der Waals surface area (Å²) in [7, 11) is 1.24. The van der Waals surface area contributed by atoms with E-state index in [2.05, 4.69) is 26.6 Å². The number of ether oxygens (including phenoxy) is 2. The average molecular weight is 692 g/mol. The lowest BCUT2D eigenvalue weighted by Crippen LogP contribution is -2.59. The van der Waals surface area contributed by atoms with E-state index in [9.17, 15) is 28.8 Å². The Morgan fingerprint density at radius 1 is 0.800 bits per heavy atom. The van der Waals surface area contributed by atoms with E-state index in [0.29, 0.717) is 12.8 Å². The van der Waals surface area contributed by atoms with Gasteiger partial charge < -0.3 is 36.1 Å². The first-order valence-electron chi connectivity index (χ1n) is 16.8. The summed E-state index contributed by atoms with van der Waals surface area (Å²) in [6, 6.07) is 13.0. The summed E-state index contributed by atoms with van der Waals surface area (Å²) in [5.74, 6) is -3.03. The summed E-state index contributed by atoms with van der Waals surface area (Å²) in [5.41, 5.74) is 0.800. The highest BCUT2D eigenvalue weighted by molar-refractivity contribution is 5.96. The lowest BCUT2D eigenvalue weighted by atomic mass is 10.0. The van der Waals surface area contributed by atoms with E-state index >= 15 is 0 Å². The van der Waals surface area contributed by atoms with Crippen LogP contribution in [0.3, 0.4) is 0 Å². The molecule has 5 N–H and O–H groups in total. The van der Waals surface area contributed by atoms with Gasteiger partial charge >= 0.3 is 12.1 Å². The molecule has 0 saturated heterocycles. The van der Waals surface area contributed by atoms with Gasteiger partial charge in [0, 0.05) is 12.8 Å². The third kappa shape index (κ3) is 13.4. The molecule has 13 heteroatoms. The molecule has 13 nitrogen and oxygen atoms in total. The average Bonchev–Trinajstić information content (AvgIpc) is 3.07. The van der Waals surface area contributed by atoms with Gasteiger partial charge in [0.2, 0.25) is 23.6 Å². The molecule has 1 aliphatic rings. The van der Waals surface area contributed by atoms with Gasteiger partial charge in [-0.1, -0.05) is 72.8 Å². The number of amides is 5. The van der Waals surface area contributed by atoms with Gasteiger partial charge in [0.25, 0.3) is 0 Å². The number of carbonyl (C=O) groups is 6. The Kier molecular flexibility index (Phi) is 15.0. The number of methoxy groups -OCH3 is 1. The molecule has 2 aromatic rings. The monoisotopic (exact) mass is 691 g/mol. The lowest BCUT2D eigenvalue weighted by molar-refractivity contribution is -0.145. The predicted molar refractivity (Wildman–Crippen MR) is 186 cm³/mol. The molecule has 270 valence electrons. The van der Waals surface area contributed by atoms with Crippen LogP contribution in [0.25, 0.3) is 0 Å². The summed E-state index contributed by atoms with van der Waals surface area (Å²) in [4.78, 5) is 78.9. The quantitative estimate of drug-likeness (QED) is 0.166. The molecule has 0 spiro atoms. The Hall–Kier alpha value is -5.20. The molecule has 0 aliphatic carbocycles. The smallest absolute Gasteiger partial charge is 0.408 e. The molecule has 0 fully saturated rings. The van der Waals surface area contributed by atoms with Gasteiger partial charge in [-0.05, 0) is 64.5 Å². The summed E-state index contributed by atoms with van der Waals surface area (Å²) < 4.78 is 10.2. The van der Waals surface area contributed by atoms with E-state index < -0.39 is 71.5 Å². The minimum atomic E-state index is -1.11. The second-order valence-electron chi connectivity index (χ2n) is 13.1. The Morgan fingerprint density at radius 3 is 1.92 bits per heavy atom. The minimum absolute atomic E-state index is 0.104. The van der Waals surface area contributed by atoms with Crippen LogP contribution in [0.4, 0.5) is 4.79 Å². The van der Waals surface area contributed by atoms with Crippen LogP contribution >= 0.6 is 0 Å². The van der Waals surface area contributed by atoms with Crippen molar-refractivity contribution in [3.63, 3.8) is 0 Å². The lowest BCUT2D eigenvalue weighted by Gasteiger charge is -2.27. The number of rotatable bonds is 12. The zero-order valence-corrected chi connectivity index (χ0v) is 29.3. The van der Waals surface area contributed by atoms with E-state index in [1.54, 1.807) is 45.0 Å². The summed E-state index contributed by atoms with van der Waals surface area (Å²) in [5, 5.41) is 13.4. The van der Waals surface area contributed by atoms with Gasteiger partial charge in [-0.15, -0.1) is 0 Å². The maximum atomic E-state index is 13.8. The topological polar surface area (TPSA) is 181 Å². The Bertz CT molecular complexity index is 1490. The molecule has 3 rings (SSSR count). The number of hydrogen-bond donors (Lipinski definition) is 5. The molecule has 0 unspecified atom stereocenters. The summed E-state index contributed by atoms with van der Waals surface area (Å²) in [6.45, 7) is 6.56. The van der Waals surface area contributed by atoms with Gasteiger partial charge in [-0.25, -0.2) is 9.59 Å². The third-order valence-corrected chi connectivity index (χ3v) is 7.80.